The lowest BCUT2D eigenvalue weighted by Gasteiger charge is -2.01. The first-order valence-corrected chi connectivity index (χ1v) is 9.60. The largest absolute Gasteiger partial charge is 0.331 e. The van der Waals surface area contributed by atoms with Crippen LogP contribution < -0.4 is 0 Å². The standard InChI is InChI=1S/C20H15ClFN7O/c21-14-5-7-28-12-24-15(20(28)19(14)22)3-4-17(30)16-10-27(11-23-16)8-13-9-29-18(26-13)2-1-6-25-29/h1-2,5-7,9-12H,3-4,8H2. The average molecular weight is 424 g/mol. The first-order chi connectivity index (χ1) is 14.6. The summed E-state index contributed by atoms with van der Waals surface area (Å²) in [6, 6.07) is 5.16. The normalized spacial score (nSPS) is 11.5. The fourth-order valence-electron chi connectivity index (χ4n) is 3.36. The molecule has 0 aliphatic rings. The van der Waals surface area contributed by atoms with Crippen molar-refractivity contribution >= 4 is 28.5 Å². The molecule has 0 amide bonds. The van der Waals surface area contributed by atoms with Crippen molar-refractivity contribution in [3.8, 4) is 0 Å². The lowest BCUT2D eigenvalue weighted by atomic mass is 10.1. The molecule has 0 spiro atoms. The van der Waals surface area contributed by atoms with Gasteiger partial charge in [0.2, 0.25) is 0 Å². The number of nitrogens with zero attached hydrogens (tertiary/aromatic N) is 7. The Morgan fingerprint density at radius 3 is 2.93 bits per heavy atom. The van der Waals surface area contributed by atoms with Crippen molar-refractivity contribution in [2.45, 2.75) is 19.4 Å². The van der Waals surface area contributed by atoms with Gasteiger partial charge in [-0.3, -0.25) is 4.79 Å². The number of ketones is 1. The molecular weight excluding hydrogens is 409 g/mol. The van der Waals surface area contributed by atoms with E-state index in [1.54, 1.807) is 38.4 Å². The van der Waals surface area contributed by atoms with Crippen LogP contribution >= 0.6 is 11.6 Å². The molecular formula is C20H15ClFN7O. The molecule has 5 aromatic rings. The SMILES string of the molecule is O=C(CCc1ncn2ccc(Cl)c(F)c12)c1cn(Cc2cn3ncccc3n2)cn1. The van der Waals surface area contributed by atoms with Crippen LogP contribution in [0.25, 0.3) is 11.2 Å². The minimum absolute atomic E-state index is 0.0245. The van der Waals surface area contributed by atoms with E-state index >= 15 is 0 Å². The highest BCUT2D eigenvalue weighted by molar-refractivity contribution is 6.31. The molecule has 5 rings (SSSR count). The number of hydrogen-bond donors (Lipinski definition) is 0. The smallest absolute Gasteiger partial charge is 0.183 e. The molecule has 0 aliphatic heterocycles. The summed E-state index contributed by atoms with van der Waals surface area (Å²) in [5.41, 5.74) is 2.69. The summed E-state index contributed by atoms with van der Waals surface area (Å²) in [4.78, 5) is 25.5. The molecule has 0 aliphatic carbocycles. The molecule has 0 bridgehead atoms. The van der Waals surface area contributed by atoms with E-state index in [4.69, 9.17) is 11.6 Å². The zero-order valence-electron chi connectivity index (χ0n) is 15.6. The van der Waals surface area contributed by atoms with E-state index in [0.29, 0.717) is 23.4 Å². The van der Waals surface area contributed by atoms with Crippen molar-refractivity contribution in [3.05, 3.63) is 83.6 Å². The van der Waals surface area contributed by atoms with Gasteiger partial charge in [-0.2, -0.15) is 5.10 Å². The highest BCUT2D eigenvalue weighted by Gasteiger charge is 2.16. The van der Waals surface area contributed by atoms with Crippen LogP contribution in [-0.2, 0) is 13.0 Å². The van der Waals surface area contributed by atoms with Gasteiger partial charge in [-0.25, -0.2) is 23.9 Å². The van der Waals surface area contributed by atoms with Gasteiger partial charge in [0, 0.05) is 25.0 Å². The Labute approximate surface area is 174 Å². The van der Waals surface area contributed by atoms with E-state index in [9.17, 15) is 9.18 Å². The number of carbonyl (C=O) groups excluding carboxylic acids is 1. The van der Waals surface area contributed by atoms with Crippen molar-refractivity contribution in [2.24, 2.45) is 0 Å². The number of hydrogen-bond acceptors (Lipinski definition) is 5. The third kappa shape index (κ3) is 3.33. The Hall–Kier alpha value is -3.59. The Morgan fingerprint density at radius 1 is 1.17 bits per heavy atom. The second-order valence-electron chi connectivity index (χ2n) is 6.84. The number of carbonyl (C=O) groups is 1. The summed E-state index contributed by atoms with van der Waals surface area (Å²) in [5, 5.41) is 4.22. The van der Waals surface area contributed by atoms with Crippen LogP contribution in [0.15, 0.2) is 55.6 Å². The van der Waals surface area contributed by atoms with Gasteiger partial charge in [0.05, 0.1) is 41.8 Å². The first kappa shape index (κ1) is 18.4. The second kappa shape index (κ2) is 7.34. The number of pyridine rings is 1. The van der Waals surface area contributed by atoms with Crippen molar-refractivity contribution in [3.63, 3.8) is 0 Å². The second-order valence-corrected chi connectivity index (χ2v) is 7.25. The number of fused-ring (bicyclic) bond motifs is 2. The molecule has 0 radical (unpaired) electrons. The Morgan fingerprint density at radius 2 is 2.07 bits per heavy atom. The highest BCUT2D eigenvalue weighted by atomic mass is 35.5. The molecule has 8 nitrogen and oxygen atoms in total. The van der Waals surface area contributed by atoms with E-state index in [1.165, 1.54) is 12.4 Å². The molecule has 5 heterocycles. The predicted octanol–water partition coefficient (Wildman–Crippen LogP) is 3.23. The van der Waals surface area contributed by atoms with Crippen LogP contribution in [0.3, 0.4) is 0 Å². The van der Waals surface area contributed by atoms with E-state index < -0.39 is 5.82 Å². The zero-order chi connectivity index (χ0) is 20.7. The van der Waals surface area contributed by atoms with E-state index in [-0.39, 0.29) is 23.6 Å². The van der Waals surface area contributed by atoms with Crippen LogP contribution in [0.1, 0.15) is 28.3 Å². The van der Waals surface area contributed by atoms with Crippen LogP contribution in [0.2, 0.25) is 5.02 Å². The third-order valence-electron chi connectivity index (χ3n) is 4.81. The fourth-order valence-corrected chi connectivity index (χ4v) is 3.51. The lowest BCUT2D eigenvalue weighted by molar-refractivity contribution is 0.0978. The van der Waals surface area contributed by atoms with Crippen molar-refractivity contribution in [1.29, 1.82) is 0 Å². The number of aryl methyl sites for hydroxylation is 1. The van der Waals surface area contributed by atoms with Gasteiger partial charge in [-0.1, -0.05) is 11.6 Å². The quantitative estimate of drug-likeness (QED) is 0.391. The highest BCUT2D eigenvalue weighted by Crippen LogP contribution is 2.22. The molecule has 0 aromatic carbocycles. The van der Waals surface area contributed by atoms with Crippen LogP contribution in [-0.4, -0.2) is 39.3 Å². The number of Topliss-reactive ketones (excluding diaryl/α,β-unsaturated/α-hetero) is 1. The molecule has 150 valence electrons. The Bertz CT molecular complexity index is 1350. The van der Waals surface area contributed by atoms with Crippen LogP contribution in [0, 0.1) is 5.82 Å². The number of aromatic nitrogens is 7. The van der Waals surface area contributed by atoms with Crippen LogP contribution in [0.5, 0.6) is 0 Å². The van der Waals surface area contributed by atoms with Gasteiger partial charge >= 0.3 is 0 Å². The van der Waals surface area contributed by atoms with Gasteiger partial charge in [0.1, 0.15) is 11.2 Å². The monoisotopic (exact) mass is 423 g/mol. The van der Waals surface area contributed by atoms with Gasteiger partial charge in [-0.15, -0.1) is 0 Å². The molecule has 5 aromatic heterocycles. The maximum Gasteiger partial charge on any atom is 0.183 e. The third-order valence-corrected chi connectivity index (χ3v) is 5.10. The fraction of sp³-hybridized carbons (Fsp3) is 0.150. The Balaban J connectivity index is 1.28. The minimum Gasteiger partial charge on any atom is -0.331 e. The maximum atomic E-state index is 14.3. The number of rotatable bonds is 6. The molecule has 30 heavy (non-hydrogen) atoms. The van der Waals surface area contributed by atoms with E-state index in [2.05, 4.69) is 20.1 Å². The number of halogens is 2. The molecule has 0 N–H and O–H groups in total. The van der Waals surface area contributed by atoms with E-state index in [0.717, 1.165) is 11.3 Å². The molecule has 0 unspecified atom stereocenters. The van der Waals surface area contributed by atoms with Crippen LogP contribution in [0.4, 0.5) is 4.39 Å². The summed E-state index contributed by atoms with van der Waals surface area (Å²) in [6.07, 6.45) is 10.4. The van der Waals surface area contributed by atoms with Crippen molar-refractivity contribution in [1.82, 2.24) is 33.5 Å². The topological polar surface area (TPSA) is 82.4 Å². The molecule has 0 saturated carbocycles. The average Bonchev–Trinajstić information content (AvgIpc) is 3.47. The zero-order valence-corrected chi connectivity index (χ0v) is 16.4. The molecule has 0 atom stereocenters. The number of imidazole rings is 3. The van der Waals surface area contributed by atoms with E-state index in [1.807, 2.05) is 18.3 Å². The first-order valence-electron chi connectivity index (χ1n) is 9.22. The van der Waals surface area contributed by atoms with Gasteiger partial charge in [0.15, 0.2) is 17.2 Å². The van der Waals surface area contributed by atoms with Crippen molar-refractivity contribution < 1.29 is 9.18 Å². The summed E-state index contributed by atoms with van der Waals surface area (Å²) in [6.45, 7) is 0.471. The predicted molar refractivity (Wildman–Crippen MR) is 107 cm³/mol. The Kier molecular flexibility index (Phi) is 4.51. The van der Waals surface area contributed by atoms with Gasteiger partial charge in [0.25, 0.3) is 0 Å². The molecule has 0 saturated heterocycles. The van der Waals surface area contributed by atoms with Gasteiger partial charge < -0.3 is 8.97 Å². The molecule has 10 heteroatoms. The maximum absolute atomic E-state index is 14.3. The minimum atomic E-state index is -0.537. The summed E-state index contributed by atoms with van der Waals surface area (Å²) in [7, 11) is 0. The lowest BCUT2D eigenvalue weighted by Crippen LogP contribution is -2.03. The molecule has 0 fully saturated rings. The van der Waals surface area contributed by atoms with Crippen molar-refractivity contribution in [2.75, 3.05) is 0 Å². The summed E-state index contributed by atoms with van der Waals surface area (Å²) >= 11 is 5.86. The summed E-state index contributed by atoms with van der Waals surface area (Å²) in [5.74, 6) is -0.681. The summed E-state index contributed by atoms with van der Waals surface area (Å²) < 4.78 is 19.4. The van der Waals surface area contributed by atoms with Gasteiger partial charge in [-0.05, 0) is 24.6 Å².